The lowest BCUT2D eigenvalue weighted by Gasteiger charge is -2.28. The van der Waals surface area contributed by atoms with E-state index in [1.54, 1.807) is 0 Å². The van der Waals surface area contributed by atoms with Gasteiger partial charge in [-0.1, -0.05) is 50.2 Å². The number of aliphatic carboxylic acids is 1. The molecule has 2 fully saturated rings. The first-order valence-electron chi connectivity index (χ1n) is 15.6. The number of aryl methyl sites for hydroxylation is 2. The maximum absolute atomic E-state index is 13.7. The molecule has 1 unspecified atom stereocenters. The van der Waals surface area contributed by atoms with Gasteiger partial charge in [-0.3, -0.25) is 14.5 Å². The monoisotopic (exact) mass is 583 g/mol. The molecule has 3 aliphatic rings. The highest BCUT2D eigenvalue weighted by molar-refractivity contribution is 5.94. The van der Waals surface area contributed by atoms with Crippen LogP contribution >= 0.6 is 0 Å². The maximum Gasteiger partial charge on any atom is 0.309 e. The average molecular weight is 584 g/mol. The highest BCUT2D eigenvalue weighted by Crippen LogP contribution is 2.47. The van der Waals surface area contributed by atoms with Gasteiger partial charge >= 0.3 is 5.97 Å². The number of fused-ring (bicyclic) bond motifs is 1. The van der Waals surface area contributed by atoms with Crippen molar-refractivity contribution in [3.05, 3.63) is 82.9 Å². The predicted octanol–water partition coefficient (Wildman–Crippen LogP) is 5.66. The molecule has 8 heteroatoms. The van der Waals surface area contributed by atoms with Gasteiger partial charge in [-0.25, -0.2) is 0 Å². The molecule has 0 radical (unpaired) electrons. The summed E-state index contributed by atoms with van der Waals surface area (Å²) >= 11 is 0. The van der Waals surface area contributed by atoms with Crippen LogP contribution in [0.2, 0.25) is 0 Å². The molecule has 3 aromatic rings. The molecular formula is C35H41N3O5. The van der Waals surface area contributed by atoms with Crippen LogP contribution in [0.5, 0.6) is 11.5 Å². The van der Waals surface area contributed by atoms with Crippen LogP contribution in [0, 0.1) is 5.92 Å². The minimum atomic E-state index is -0.874. The summed E-state index contributed by atoms with van der Waals surface area (Å²) in [6.45, 7) is 7.72. The molecule has 8 nitrogen and oxygen atoms in total. The summed E-state index contributed by atoms with van der Waals surface area (Å²) in [6.07, 6.45) is 4.00. The van der Waals surface area contributed by atoms with Crippen molar-refractivity contribution < 1.29 is 24.2 Å². The Morgan fingerprint density at radius 3 is 2.19 bits per heavy atom. The minimum Gasteiger partial charge on any atom is -0.486 e. The minimum absolute atomic E-state index is 0.0879. The van der Waals surface area contributed by atoms with Crippen LogP contribution in [0.3, 0.4) is 0 Å². The third kappa shape index (κ3) is 5.93. The molecule has 0 saturated carbocycles. The lowest BCUT2D eigenvalue weighted by molar-refractivity contribution is -0.143. The smallest absolute Gasteiger partial charge is 0.309 e. The lowest BCUT2D eigenvalue weighted by Crippen LogP contribution is -2.35. The Kier molecular flexibility index (Phi) is 8.56. The molecule has 0 aromatic heterocycles. The summed E-state index contributed by atoms with van der Waals surface area (Å²) in [6, 6.07) is 19.7. The molecule has 3 aliphatic heterocycles. The van der Waals surface area contributed by atoms with E-state index in [0.717, 1.165) is 59.6 Å². The van der Waals surface area contributed by atoms with Crippen LogP contribution in [-0.2, 0) is 22.4 Å². The fraction of sp³-hybridized carbons (Fsp3) is 0.429. The van der Waals surface area contributed by atoms with Crippen molar-refractivity contribution in [3.8, 4) is 11.5 Å². The van der Waals surface area contributed by atoms with Crippen LogP contribution in [0.25, 0.3) is 0 Å². The number of rotatable bonds is 9. The second-order valence-corrected chi connectivity index (χ2v) is 11.7. The Labute approximate surface area is 253 Å². The van der Waals surface area contributed by atoms with E-state index >= 15 is 0 Å². The van der Waals surface area contributed by atoms with Crippen LogP contribution in [-0.4, -0.2) is 61.3 Å². The number of hydrogen-bond acceptors (Lipinski definition) is 6. The summed E-state index contributed by atoms with van der Waals surface area (Å²) in [5, 5.41) is 13.9. The number of likely N-dealkylation sites (tertiary alicyclic amines) is 1. The SMILES string of the molecule is CCc1cccc(CC)c1NC(=O)CN1C[C@H](c2ccc3c(c2)OCCO3)C(C(=O)O)[C@@H]1c1ccc(N2CCCC2)cc1. The summed E-state index contributed by atoms with van der Waals surface area (Å²) in [7, 11) is 0. The number of benzene rings is 3. The first-order valence-corrected chi connectivity index (χ1v) is 15.6. The van der Waals surface area contributed by atoms with Crippen molar-refractivity contribution in [1.29, 1.82) is 0 Å². The van der Waals surface area contributed by atoms with E-state index in [0.29, 0.717) is 31.3 Å². The molecule has 43 heavy (non-hydrogen) atoms. The Morgan fingerprint density at radius 1 is 0.884 bits per heavy atom. The quantitative estimate of drug-likeness (QED) is 0.336. The molecule has 3 heterocycles. The molecule has 226 valence electrons. The van der Waals surface area contributed by atoms with E-state index < -0.39 is 17.9 Å². The van der Waals surface area contributed by atoms with Gasteiger partial charge in [0.25, 0.3) is 0 Å². The molecular weight excluding hydrogens is 542 g/mol. The molecule has 2 saturated heterocycles. The fourth-order valence-corrected chi connectivity index (χ4v) is 7.04. The first kappa shape index (κ1) is 29.1. The third-order valence-corrected chi connectivity index (χ3v) is 9.19. The van der Waals surface area contributed by atoms with Crippen molar-refractivity contribution in [1.82, 2.24) is 4.90 Å². The maximum atomic E-state index is 13.7. The number of hydrogen-bond donors (Lipinski definition) is 2. The molecule has 1 amide bonds. The van der Waals surface area contributed by atoms with E-state index in [-0.39, 0.29) is 18.4 Å². The zero-order valence-electron chi connectivity index (χ0n) is 25.1. The first-order chi connectivity index (χ1) is 21.0. The molecule has 0 spiro atoms. The highest BCUT2D eigenvalue weighted by Gasteiger charge is 2.48. The number of nitrogens with one attached hydrogen (secondary N) is 1. The number of para-hydroxylation sites is 1. The molecule has 3 atom stereocenters. The van der Waals surface area contributed by atoms with E-state index in [1.807, 2.05) is 53.4 Å². The van der Waals surface area contributed by atoms with Gasteiger partial charge in [-0.15, -0.1) is 0 Å². The second-order valence-electron chi connectivity index (χ2n) is 11.7. The van der Waals surface area contributed by atoms with Crippen LogP contribution in [0.15, 0.2) is 60.7 Å². The van der Waals surface area contributed by atoms with Crippen molar-refractivity contribution in [2.45, 2.75) is 51.5 Å². The van der Waals surface area contributed by atoms with E-state index in [1.165, 1.54) is 12.8 Å². The van der Waals surface area contributed by atoms with Crippen LogP contribution in [0.1, 0.15) is 60.9 Å². The van der Waals surface area contributed by atoms with Crippen molar-refractivity contribution in [3.63, 3.8) is 0 Å². The second kappa shape index (κ2) is 12.7. The molecule has 3 aromatic carbocycles. The summed E-state index contributed by atoms with van der Waals surface area (Å²) in [4.78, 5) is 31.1. The number of amides is 1. The Morgan fingerprint density at radius 2 is 1.53 bits per heavy atom. The number of anilines is 2. The summed E-state index contributed by atoms with van der Waals surface area (Å²) in [5.41, 5.74) is 6.01. The lowest BCUT2D eigenvalue weighted by atomic mass is 9.82. The topological polar surface area (TPSA) is 91.3 Å². The fourth-order valence-electron chi connectivity index (χ4n) is 7.04. The van der Waals surface area contributed by atoms with Crippen molar-refractivity contribution in [2.75, 3.05) is 49.6 Å². The van der Waals surface area contributed by atoms with Gasteiger partial charge in [0.05, 0.1) is 12.5 Å². The van der Waals surface area contributed by atoms with Crippen LogP contribution in [0.4, 0.5) is 11.4 Å². The van der Waals surface area contributed by atoms with Gasteiger partial charge in [0.2, 0.25) is 5.91 Å². The normalized spacial score (nSPS) is 21.6. The van der Waals surface area contributed by atoms with E-state index in [2.05, 4.69) is 36.2 Å². The van der Waals surface area contributed by atoms with Gasteiger partial charge in [-0.2, -0.15) is 0 Å². The predicted molar refractivity (Wildman–Crippen MR) is 167 cm³/mol. The van der Waals surface area contributed by atoms with Crippen molar-refractivity contribution in [2.24, 2.45) is 5.92 Å². The van der Waals surface area contributed by atoms with Gasteiger partial charge in [0.15, 0.2) is 11.5 Å². The van der Waals surface area contributed by atoms with Gasteiger partial charge in [-0.05, 0) is 72.2 Å². The van der Waals surface area contributed by atoms with Gasteiger partial charge in [0, 0.05) is 43.0 Å². The molecule has 0 bridgehead atoms. The van der Waals surface area contributed by atoms with Crippen molar-refractivity contribution >= 4 is 23.3 Å². The Balaban J connectivity index is 1.33. The number of carboxylic acids is 1. The molecule has 0 aliphatic carbocycles. The number of carboxylic acid groups (broad SMARTS) is 1. The number of carbonyl (C=O) groups is 2. The Bertz CT molecular complexity index is 1440. The largest absolute Gasteiger partial charge is 0.486 e. The highest BCUT2D eigenvalue weighted by atomic mass is 16.6. The average Bonchev–Trinajstić information content (AvgIpc) is 3.70. The third-order valence-electron chi connectivity index (χ3n) is 9.19. The number of carbonyl (C=O) groups excluding carboxylic acids is 1. The zero-order chi connectivity index (χ0) is 29.9. The number of nitrogens with zero attached hydrogens (tertiary/aromatic N) is 2. The van der Waals surface area contributed by atoms with Crippen LogP contribution < -0.4 is 19.7 Å². The van der Waals surface area contributed by atoms with E-state index in [4.69, 9.17) is 9.47 Å². The van der Waals surface area contributed by atoms with Gasteiger partial charge in [0.1, 0.15) is 13.2 Å². The number of ether oxygens (including phenoxy) is 2. The Hall–Kier alpha value is -4.04. The molecule has 2 N–H and O–H groups in total. The van der Waals surface area contributed by atoms with Gasteiger partial charge < -0.3 is 24.8 Å². The zero-order valence-corrected chi connectivity index (χ0v) is 25.1. The summed E-state index contributed by atoms with van der Waals surface area (Å²) < 4.78 is 11.6. The standard InChI is InChI=1S/C35H41N3O5/c1-3-23-8-7-9-24(4-2)33(23)36-31(39)22-38-21-28(26-12-15-29-30(20-26)43-19-18-42-29)32(35(40)41)34(38)25-10-13-27(14-11-25)37-16-5-6-17-37/h7-15,20,28,32,34H,3-6,16-19,21-22H2,1-2H3,(H,36,39)(H,40,41)/t28-,32?,34+/m1/s1. The summed E-state index contributed by atoms with van der Waals surface area (Å²) in [5.74, 6) is -0.784. The molecule has 6 rings (SSSR count). The van der Waals surface area contributed by atoms with E-state index in [9.17, 15) is 14.7 Å².